The fourth-order valence-electron chi connectivity index (χ4n) is 2.57. The maximum Gasteiger partial charge on any atom is 0.257 e. The quantitative estimate of drug-likeness (QED) is 0.889. The minimum absolute atomic E-state index is 0.102. The zero-order valence-electron chi connectivity index (χ0n) is 12.2. The summed E-state index contributed by atoms with van der Waals surface area (Å²) in [6.07, 6.45) is -0.287. The monoisotopic (exact) mass is 283 g/mol. The van der Waals surface area contributed by atoms with Crippen LogP contribution in [0.25, 0.3) is 0 Å². The number of methoxy groups -OCH3 is 1. The highest BCUT2D eigenvalue weighted by molar-refractivity contribution is 6.02. The van der Waals surface area contributed by atoms with Crippen molar-refractivity contribution in [1.29, 1.82) is 0 Å². The Morgan fingerprint density at radius 3 is 2.52 bits per heavy atom. The van der Waals surface area contributed by atoms with Gasteiger partial charge in [-0.2, -0.15) is 0 Å². The Hall–Kier alpha value is -2.56. The van der Waals surface area contributed by atoms with Crippen molar-refractivity contribution in [3.8, 4) is 5.75 Å². The van der Waals surface area contributed by atoms with E-state index in [2.05, 4.69) is 15.6 Å². The molecule has 1 amide bonds. The molecule has 0 fully saturated rings. The molecule has 5 nitrogen and oxygen atoms in total. The van der Waals surface area contributed by atoms with Gasteiger partial charge >= 0.3 is 0 Å². The zero-order valence-corrected chi connectivity index (χ0v) is 12.2. The summed E-state index contributed by atoms with van der Waals surface area (Å²) in [6.45, 7) is 3.84. The Kier molecular flexibility index (Phi) is 3.25. The standard InChI is InChI=1S/C16H17N3O2/c1-9-8-10(2)17-15-13(9)16(20)19-14(18-15)11-4-6-12(21-3)7-5-11/h4-8,14H,1-3H3,(H,17,18)(H,19,20). The van der Waals surface area contributed by atoms with Gasteiger partial charge in [0.25, 0.3) is 5.91 Å². The molecule has 1 aromatic heterocycles. The molecule has 1 aromatic carbocycles. The van der Waals surface area contributed by atoms with E-state index < -0.39 is 0 Å². The van der Waals surface area contributed by atoms with Crippen molar-refractivity contribution in [2.75, 3.05) is 12.4 Å². The van der Waals surface area contributed by atoms with Crippen LogP contribution in [0.3, 0.4) is 0 Å². The number of pyridine rings is 1. The second-order valence-corrected chi connectivity index (χ2v) is 5.13. The van der Waals surface area contributed by atoms with Crippen molar-refractivity contribution in [1.82, 2.24) is 10.3 Å². The lowest BCUT2D eigenvalue weighted by Gasteiger charge is -2.28. The Balaban J connectivity index is 1.95. The summed E-state index contributed by atoms with van der Waals surface area (Å²) in [7, 11) is 1.63. The van der Waals surface area contributed by atoms with Crippen molar-refractivity contribution in [2.24, 2.45) is 0 Å². The van der Waals surface area contributed by atoms with Crippen LogP contribution >= 0.6 is 0 Å². The number of rotatable bonds is 2. The Labute approximate surface area is 123 Å². The number of benzene rings is 1. The summed E-state index contributed by atoms with van der Waals surface area (Å²) in [5, 5.41) is 6.23. The number of amides is 1. The van der Waals surface area contributed by atoms with Crippen molar-refractivity contribution in [2.45, 2.75) is 20.0 Å². The highest BCUT2D eigenvalue weighted by Gasteiger charge is 2.27. The molecule has 1 atom stereocenters. The van der Waals surface area contributed by atoms with Gasteiger partial charge in [0.2, 0.25) is 0 Å². The molecule has 0 spiro atoms. The van der Waals surface area contributed by atoms with Crippen LogP contribution < -0.4 is 15.4 Å². The van der Waals surface area contributed by atoms with Gasteiger partial charge in [0.1, 0.15) is 17.7 Å². The number of hydrogen-bond donors (Lipinski definition) is 2. The maximum absolute atomic E-state index is 12.3. The molecule has 0 saturated heterocycles. The van der Waals surface area contributed by atoms with Crippen LogP contribution in [-0.4, -0.2) is 18.0 Å². The normalized spacial score (nSPS) is 16.7. The number of ether oxygens (including phenoxy) is 1. The lowest BCUT2D eigenvalue weighted by Crippen LogP contribution is -2.39. The number of hydrogen-bond acceptors (Lipinski definition) is 4. The second-order valence-electron chi connectivity index (χ2n) is 5.13. The molecule has 0 saturated carbocycles. The van der Waals surface area contributed by atoms with Gasteiger partial charge in [-0.05, 0) is 43.2 Å². The molecule has 1 unspecified atom stereocenters. The summed E-state index contributed by atoms with van der Waals surface area (Å²) in [4.78, 5) is 16.7. The van der Waals surface area contributed by atoms with E-state index in [1.807, 2.05) is 44.2 Å². The number of nitrogens with zero attached hydrogens (tertiary/aromatic N) is 1. The Morgan fingerprint density at radius 1 is 1.14 bits per heavy atom. The smallest absolute Gasteiger partial charge is 0.257 e. The van der Waals surface area contributed by atoms with E-state index in [-0.39, 0.29) is 12.1 Å². The third-order valence-electron chi connectivity index (χ3n) is 3.58. The number of aromatic nitrogens is 1. The first kappa shape index (κ1) is 13.4. The number of anilines is 1. The summed E-state index contributed by atoms with van der Waals surface area (Å²) >= 11 is 0. The molecule has 2 aromatic rings. The highest BCUT2D eigenvalue weighted by Crippen LogP contribution is 2.28. The van der Waals surface area contributed by atoms with E-state index in [9.17, 15) is 4.79 Å². The van der Waals surface area contributed by atoms with Crippen LogP contribution in [0.15, 0.2) is 30.3 Å². The number of aryl methyl sites for hydroxylation is 2. The molecule has 5 heteroatoms. The number of carbonyl (C=O) groups is 1. The van der Waals surface area contributed by atoms with E-state index in [0.717, 1.165) is 22.6 Å². The van der Waals surface area contributed by atoms with Gasteiger partial charge < -0.3 is 15.4 Å². The molecule has 108 valence electrons. The summed E-state index contributed by atoms with van der Waals surface area (Å²) < 4.78 is 5.15. The lowest BCUT2D eigenvalue weighted by atomic mass is 10.0. The summed E-state index contributed by atoms with van der Waals surface area (Å²) in [5.41, 5.74) is 3.39. The largest absolute Gasteiger partial charge is 0.497 e. The van der Waals surface area contributed by atoms with Gasteiger partial charge in [-0.3, -0.25) is 4.79 Å². The van der Waals surface area contributed by atoms with Gasteiger partial charge in [-0.1, -0.05) is 12.1 Å². The van der Waals surface area contributed by atoms with Gasteiger partial charge in [-0.25, -0.2) is 4.98 Å². The minimum atomic E-state index is -0.287. The van der Waals surface area contributed by atoms with Gasteiger partial charge in [0.15, 0.2) is 0 Å². The lowest BCUT2D eigenvalue weighted by molar-refractivity contribution is 0.0934. The Bertz CT molecular complexity index is 695. The highest BCUT2D eigenvalue weighted by atomic mass is 16.5. The average Bonchev–Trinajstić information content (AvgIpc) is 2.46. The topological polar surface area (TPSA) is 63.2 Å². The Morgan fingerprint density at radius 2 is 1.86 bits per heavy atom. The molecular weight excluding hydrogens is 266 g/mol. The van der Waals surface area contributed by atoms with Gasteiger partial charge in [0, 0.05) is 5.69 Å². The van der Waals surface area contributed by atoms with E-state index >= 15 is 0 Å². The fourth-order valence-corrected chi connectivity index (χ4v) is 2.57. The molecule has 0 radical (unpaired) electrons. The van der Waals surface area contributed by atoms with Crippen LogP contribution in [0.1, 0.15) is 33.3 Å². The van der Waals surface area contributed by atoms with Crippen LogP contribution in [0.2, 0.25) is 0 Å². The molecule has 21 heavy (non-hydrogen) atoms. The average molecular weight is 283 g/mol. The van der Waals surface area contributed by atoms with E-state index in [0.29, 0.717) is 11.4 Å². The van der Waals surface area contributed by atoms with Crippen molar-refractivity contribution in [3.05, 3.63) is 52.7 Å². The van der Waals surface area contributed by atoms with Gasteiger partial charge in [0.05, 0.1) is 12.7 Å². The van der Waals surface area contributed by atoms with Crippen LogP contribution in [0.4, 0.5) is 5.82 Å². The van der Waals surface area contributed by atoms with Crippen LogP contribution in [0.5, 0.6) is 5.75 Å². The first-order valence-corrected chi connectivity index (χ1v) is 6.78. The molecule has 0 aliphatic carbocycles. The fraction of sp³-hybridized carbons (Fsp3) is 0.250. The zero-order chi connectivity index (χ0) is 15.0. The maximum atomic E-state index is 12.3. The van der Waals surface area contributed by atoms with E-state index in [1.54, 1.807) is 7.11 Å². The number of fused-ring (bicyclic) bond motifs is 1. The number of nitrogens with one attached hydrogen (secondary N) is 2. The van der Waals surface area contributed by atoms with E-state index in [4.69, 9.17) is 4.74 Å². The van der Waals surface area contributed by atoms with Crippen molar-refractivity contribution >= 4 is 11.7 Å². The third-order valence-corrected chi connectivity index (χ3v) is 3.58. The molecule has 1 aliphatic rings. The molecule has 0 bridgehead atoms. The van der Waals surface area contributed by atoms with Crippen LogP contribution in [-0.2, 0) is 0 Å². The van der Waals surface area contributed by atoms with Gasteiger partial charge in [-0.15, -0.1) is 0 Å². The first-order valence-electron chi connectivity index (χ1n) is 6.78. The summed E-state index contributed by atoms with van der Waals surface area (Å²) in [6, 6.07) is 9.49. The van der Waals surface area contributed by atoms with Crippen LogP contribution in [0, 0.1) is 13.8 Å². The third kappa shape index (κ3) is 2.42. The SMILES string of the molecule is COc1ccc(C2NC(=O)c3c(C)cc(C)nc3N2)cc1. The predicted molar refractivity (Wildman–Crippen MR) is 80.5 cm³/mol. The number of carbonyl (C=O) groups excluding carboxylic acids is 1. The second kappa shape index (κ2) is 5.09. The predicted octanol–water partition coefficient (Wildman–Crippen LogP) is 2.56. The van der Waals surface area contributed by atoms with Crippen molar-refractivity contribution in [3.63, 3.8) is 0 Å². The molecule has 2 N–H and O–H groups in total. The minimum Gasteiger partial charge on any atom is -0.497 e. The van der Waals surface area contributed by atoms with E-state index in [1.165, 1.54) is 0 Å². The molecule has 2 heterocycles. The molecule has 1 aliphatic heterocycles. The molecular formula is C16H17N3O2. The van der Waals surface area contributed by atoms with Crippen molar-refractivity contribution < 1.29 is 9.53 Å². The summed E-state index contributed by atoms with van der Waals surface area (Å²) in [5.74, 6) is 1.32. The molecule has 3 rings (SSSR count). The first-order chi connectivity index (χ1) is 10.1.